The largest absolute Gasteiger partial charge is 0.497 e. The molecule has 194 valence electrons. The van der Waals surface area contributed by atoms with E-state index in [0.29, 0.717) is 19.6 Å². The van der Waals surface area contributed by atoms with Gasteiger partial charge in [-0.3, -0.25) is 14.7 Å². The first-order valence-corrected chi connectivity index (χ1v) is 12.9. The molecule has 3 aromatic rings. The Morgan fingerprint density at radius 2 is 1.78 bits per heavy atom. The molecule has 8 nitrogen and oxygen atoms in total. The van der Waals surface area contributed by atoms with E-state index >= 15 is 0 Å². The zero-order valence-electron chi connectivity index (χ0n) is 21.4. The molecule has 0 unspecified atom stereocenters. The summed E-state index contributed by atoms with van der Waals surface area (Å²) in [5.41, 5.74) is 5.73. The van der Waals surface area contributed by atoms with Crippen LogP contribution in [0.3, 0.4) is 0 Å². The highest BCUT2D eigenvalue weighted by atomic mass is 16.5. The maximum Gasteiger partial charge on any atom is 0.234 e. The van der Waals surface area contributed by atoms with Gasteiger partial charge in [0.1, 0.15) is 5.75 Å². The Labute approximate surface area is 218 Å². The average Bonchev–Trinajstić information content (AvgIpc) is 2.94. The lowest BCUT2D eigenvalue weighted by Crippen LogP contribution is -2.47. The number of anilines is 2. The predicted molar refractivity (Wildman–Crippen MR) is 145 cm³/mol. The minimum Gasteiger partial charge on any atom is -0.497 e. The van der Waals surface area contributed by atoms with Crippen LogP contribution in [0.1, 0.15) is 16.8 Å². The summed E-state index contributed by atoms with van der Waals surface area (Å²) >= 11 is 0. The molecule has 0 aliphatic carbocycles. The molecular weight excluding hydrogens is 466 g/mol. The van der Waals surface area contributed by atoms with Gasteiger partial charge in [0.25, 0.3) is 0 Å². The number of methoxy groups -OCH3 is 1. The Bertz CT molecular complexity index is 1200. The van der Waals surface area contributed by atoms with Crippen molar-refractivity contribution in [2.24, 2.45) is 0 Å². The van der Waals surface area contributed by atoms with Gasteiger partial charge in [0.05, 0.1) is 32.6 Å². The Morgan fingerprint density at radius 1 is 1.00 bits per heavy atom. The summed E-state index contributed by atoms with van der Waals surface area (Å²) in [5, 5.41) is 2.89. The number of carbonyl (C=O) groups is 1. The van der Waals surface area contributed by atoms with Crippen LogP contribution < -0.4 is 19.9 Å². The molecular formula is C29H35N5O3. The number of morpholine rings is 1. The van der Waals surface area contributed by atoms with Crippen molar-refractivity contribution in [1.82, 2.24) is 15.2 Å². The summed E-state index contributed by atoms with van der Waals surface area (Å²) in [5.74, 6) is 0.924. The van der Waals surface area contributed by atoms with Crippen molar-refractivity contribution in [2.75, 3.05) is 62.8 Å². The molecule has 1 N–H and O–H groups in total. The van der Waals surface area contributed by atoms with Crippen LogP contribution in [0, 0.1) is 0 Å². The number of hydrogen-bond acceptors (Lipinski definition) is 7. The minimum atomic E-state index is 0.0715. The Morgan fingerprint density at radius 3 is 2.57 bits per heavy atom. The van der Waals surface area contributed by atoms with Crippen molar-refractivity contribution in [3.63, 3.8) is 0 Å². The highest BCUT2D eigenvalue weighted by molar-refractivity contribution is 5.78. The number of hydrogen-bond donors (Lipinski definition) is 1. The molecule has 0 bridgehead atoms. The quantitative estimate of drug-likeness (QED) is 0.483. The standard InChI is InChI=1S/C29H35N5O3/c1-36-28-7-3-5-24(17-28)20-34(19-23-4-2-6-26(16-23)33-12-14-37-15-13-33)27-8-9-30-25(18-27)21-32-11-10-31-29(35)22-32/h2-9,16-18H,10-15,19-22H2,1H3,(H,31,35). The van der Waals surface area contributed by atoms with Gasteiger partial charge in [-0.05, 0) is 47.5 Å². The number of amides is 1. The first-order valence-electron chi connectivity index (χ1n) is 12.9. The molecule has 2 aromatic carbocycles. The fourth-order valence-electron chi connectivity index (χ4n) is 4.93. The maximum absolute atomic E-state index is 11.8. The molecule has 2 fully saturated rings. The van der Waals surface area contributed by atoms with Gasteiger partial charge in [-0.1, -0.05) is 24.3 Å². The van der Waals surface area contributed by atoms with Crippen LogP contribution in [0.2, 0.25) is 0 Å². The number of nitrogens with zero attached hydrogens (tertiary/aromatic N) is 4. The number of rotatable bonds is 9. The first-order chi connectivity index (χ1) is 18.2. The van der Waals surface area contributed by atoms with E-state index in [1.807, 2.05) is 18.3 Å². The zero-order valence-corrected chi connectivity index (χ0v) is 21.4. The monoisotopic (exact) mass is 501 g/mol. The van der Waals surface area contributed by atoms with E-state index in [4.69, 9.17) is 9.47 Å². The van der Waals surface area contributed by atoms with Crippen LogP contribution in [-0.4, -0.2) is 68.8 Å². The Balaban J connectivity index is 1.39. The molecule has 2 aliphatic rings. The van der Waals surface area contributed by atoms with E-state index < -0.39 is 0 Å². The van der Waals surface area contributed by atoms with Crippen LogP contribution in [0.5, 0.6) is 5.75 Å². The van der Waals surface area contributed by atoms with Gasteiger partial charge in [-0.25, -0.2) is 0 Å². The van der Waals surface area contributed by atoms with Gasteiger partial charge in [0.2, 0.25) is 5.91 Å². The zero-order chi connectivity index (χ0) is 25.5. The van der Waals surface area contributed by atoms with Crippen molar-refractivity contribution in [3.8, 4) is 5.75 Å². The molecule has 1 amide bonds. The topological polar surface area (TPSA) is 70.2 Å². The van der Waals surface area contributed by atoms with Crippen LogP contribution in [-0.2, 0) is 29.2 Å². The molecule has 0 spiro atoms. The Kier molecular flexibility index (Phi) is 8.18. The lowest BCUT2D eigenvalue weighted by Gasteiger charge is -2.30. The summed E-state index contributed by atoms with van der Waals surface area (Å²) < 4.78 is 11.0. The van der Waals surface area contributed by atoms with Gasteiger partial charge in [0, 0.05) is 63.4 Å². The third kappa shape index (κ3) is 6.78. The van der Waals surface area contributed by atoms with Crippen molar-refractivity contribution in [3.05, 3.63) is 83.7 Å². The SMILES string of the molecule is COc1cccc(CN(Cc2cccc(N3CCOCC3)c2)c2ccnc(CN3CCNC(=O)C3)c2)c1. The smallest absolute Gasteiger partial charge is 0.234 e. The van der Waals surface area contributed by atoms with Crippen molar-refractivity contribution in [2.45, 2.75) is 19.6 Å². The van der Waals surface area contributed by atoms with Crippen LogP contribution in [0.15, 0.2) is 66.9 Å². The molecule has 3 heterocycles. The van der Waals surface area contributed by atoms with E-state index in [-0.39, 0.29) is 5.91 Å². The molecule has 37 heavy (non-hydrogen) atoms. The normalized spacial score (nSPS) is 16.4. The number of aromatic nitrogens is 1. The van der Waals surface area contributed by atoms with Gasteiger partial charge in [-0.2, -0.15) is 0 Å². The van der Waals surface area contributed by atoms with Gasteiger partial charge >= 0.3 is 0 Å². The summed E-state index contributed by atoms with van der Waals surface area (Å²) in [7, 11) is 1.70. The lowest BCUT2D eigenvalue weighted by molar-refractivity contribution is -0.124. The van der Waals surface area contributed by atoms with Crippen molar-refractivity contribution < 1.29 is 14.3 Å². The van der Waals surface area contributed by atoms with Crippen molar-refractivity contribution >= 4 is 17.3 Å². The summed E-state index contributed by atoms with van der Waals surface area (Å²) in [6.07, 6.45) is 1.87. The Hall–Kier alpha value is -3.62. The molecule has 0 radical (unpaired) electrons. The molecule has 0 atom stereocenters. The van der Waals surface area contributed by atoms with Crippen molar-refractivity contribution in [1.29, 1.82) is 0 Å². The second-order valence-electron chi connectivity index (χ2n) is 9.54. The molecule has 2 saturated heterocycles. The lowest BCUT2D eigenvalue weighted by atomic mass is 10.1. The number of benzene rings is 2. The molecule has 5 rings (SSSR count). The number of ether oxygens (including phenoxy) is 2. The maximum atomic E-state index is 11.8. The molecule has 8 heteroatoms. The second kappa shape index (κ2) is 12.1. The summed E-state index contributed by atoms with van der Waals surface area (Å²) in [6, 6.07) is 21.2. The van der Waals surface area contributed by atoms with Crippen LogP contribution in [0.4, 0.5) is 11.4 Å². The van der Waals surface area contributed by atoms with Gasteiger partial charge < -0.3 is 24.6 Å². The number of pyridine rings is 1. The van der Waals surface area contributed by atoms with E-state index in [2.05, 4.69) is 73.5 Å². The number of nitrogens with one attached hydrogen (secondary N) is 1. The number of carbonyl (C=O) groups excluding carboxylic acids is 1. The molecule has 0 saturated carbocycles. The highest BCUT2D eigenvalue weighted by Crippen LogP contribution is 2.25. The van der Waals surface area contributed by atoms with Crippen LogP contribution >= 0.6 is 0 Å². The fraction of sp³-hybridized carbons (Fsp3) is 0.379. The van der Waals surface area contributed by atoms with E-state index in [0.717, 1.165) is 63.1 Å². The fourth-order valence-corrected chi connectivity index (χ4v) is 4.93. The molecule has 2 aliphatic heterocycles. The third-order valence-corrected chi connectivity index (χ3v) is 6.84. The predicted octanol–water partition coefficient (Wildman–Crippen LogP) is 3.07. The highest BCUT2D eigenvalue weighted by Gasteiger charge is 2.18. The van der Waals surface area contributed by atoms with Gasteiger partial charge in [-0.15, -0.1) is 0 Å². The minimum absolute atomic E-state index is 0.0715. The van der Waals surface area contributed by atoms with E-state index in [1.54, 1.807) is 7.11 Å². The third-order valence-electron chi connectivity index (χ3n) is 6.84. The molecule has 1 aromatic heterocycles. The van der Waals surface area contributed by atoms with Crippen LogP contribution in [0.25, 0.3) is 0 Å². The van der Waals surface area contributed by atoms with E-state index in [1.165, 1.54) is 16.8 Å². The summed E-state index contributed by atoms with van der Waals surface area (Å²) in [4.78, 5) is 23.4. The summed E-state index contributed by atoms with van der Waals surface area (Å²) in [6.45, 7) is 7.43. The van der Waals surface area contributed by atoms with E-state index in [9.17, 15) is 4.79 Å². The first kappa shape index (κ1) is 25.0. The number of piperazine rings is 1. The van der Waals surface area contributed by atoms with Gasteiger partial charge in [0.15, 0.2) is 0 Å². The average molecular weight is 502 g/mol. The second-order valence-corrected chi connectivity index (χ2v) is 9.54.